The predicted octanol–water partition coefficient (Wildman–Crippen LogP) is 5.94. The molecule has 3 rings (SSSR count). The molecule has 0 radical (unpaired) electrons. The van der Waals surface area contributed by atoms with Crippen LogP contribution in [-0.4, -0.2) is 32.6 Å². The molecule has 1 unspecified atom stereocenters. The van der Waals surface area contributed by atoms with Crippen molar-refractivity contribution in [3.63, 3.8) is 0 Å². The highest BCUT2D eigenvalue weighted by Gasteiger charge is 2.30. The first-order chi connectivity index (χ1) is 13.8. The van der Waals surface area contributed by atoms with E-state index in [9.17, 15) is 13.2 Å². The molecule has 0 saturated heterocycles. The zero-order valence-electron chi connectivity index (χ0n) is 16.7. The van der Waals surface area contributed by atoms with Gasteiger partial charge >= 0.3 is 6.18 Å². The molecule has 0 amide bonds. The van der Waals surface area contributed by atoms with E-state index in [4.69, 9.17) is 9.47 Å². The van der Waals surface area contributed by atoms with Crippen LogP contribution in [0, 0.1) is 0 Å². The Morgan fingerprint density at radius 2 is 1.48 bits per heavy atom. The highest BCUT2D eigenvalue weighted by molar-refractivity contribution is 5.84. The second kappa shape index (κ2) is 8.74. The molecule has 0 spiro atoms. The summed E-state index contributed by atoms with van der Waals surface area (Å²) in [5, 5.41) is 2.10. The zero-order chi connectivity index (χ0) is 21.0. The summed E-state index contributed by atoms with van der Waals surface area (Å²) in [5.74, 6) is 1.20. The fourth-order valence-corrected chi connectivity index (χ4v) is 3.13. The summed E-state index contributed by atoms with van der Waals surface area (Å²) in [6.07, 6.45) is -3.93. The number of hydrogen-bond acceptors (Lipinski definition) is 3. The summed E-state index contributed by atoms with van der Waals surface area (Å²) < 4.78 is 49.8. The number of nitrogens with zero attached hydrogens (tertiary/aromatic N) is 1. The van der Waals surface area contributed by atoms with Gasteiger partial charge in [-0.2, -0.15) is 13.2 Å². The number of halogens is 3. The summed E-state index contributed by atoms with van der Waals surface area (Å²) in [7, 11) is 5.58. The molecule has 29 heavy (non-hydrogen) atoms. The lowest BCUT2D eigenvalue weighted by molar-refractivity contribution is -0.137. The molecule has 0 saturated carbocycles. The van der Waals surface area contributed by atoms with Gasteiger partial charge in [0.2, 0.25) is 0 Å². The third-order valence-corrected chi connectivity index (χ3v) is 4.74. The molecule has 0 fully saturated rings. The fraction of sp³-hybridized carbons (Fsp3) is 0.304. The standard InChI is InChI=1S/C23H24F3NO2/c1-27(2)13-12-22(29-20-10-7-19(8-11-20)23(24,25)26)18-5-4-17-15-21(28-3)9-6-16(17)14-18/h4-11,14-15,22H,12-13H2,1-3H3. The Morgan fingerprint density at radius 1 is 0.862 bits per heavy atom. The maximum atomic E-state index is 12.8. The lowest BCUT2D eigenvalue weighted by Crippen LogP contribution is -2.19. The van der Waals surface area contributed by atoms with Crippen LogP contribution in [0.3, 0.4) is 0 Å². The maximum Gasteiger partial charge on any atom is 0.416 e. The normalized spacial score (nSPS) is 12.9. The van der Waals surface area contributed by atoms with Gasteiger partial charge in [0.25, 0.3) is 0 Å². The first-order valence-electron chi connectivity index (χ1n) is 9.32. The number of hydrogen-bond donors (Lipinski definition) is 0. The van der Waals surface area contributed by atoms with Gasteiger partial charge in [-0.3, -0.25) is 0 Å². The highest BCUT2D eigenvalue weighted by atomic mass is 19.4. The second-order valence-corrected chi connectivity index (χ2v) is 7.19. The largest absolute Gasteiger partial charge is 0.497 e. The van der Waals surface area contributed by atoms with E-state index in [2.05, 4.69) is 11.0 Å². The molecule has 0 heterocycles. The molecule has 0 aliphatic rings. The summed E-state index contributed by atoms with van der Waals surface area (Å²) in [4.78, 5) is 2.05. The first-order valence-corrected chi connectivity index (χ1v) is 9.32. The van der Waals surface area contributed by atoms with Crippen molar-refractivity contribution in [1.29, 1.82) is 0 Å². The molecule has 154 valence electrons. The quantitative estimate of drug-likeness (QED) is 0.487. The van der Waals surface area contributed by atoms with Crippen LogP contribution in [0.5, 0.6) is 11.5 Å². The molecule has 3 aromatic rings. The van der Waals surface area contributed by atoms with E-state index in [1.54, 1.807) is 7.11 Å². The average Bonchev–Trinajstić information content (AvgIpc) is 2.69. The third-order valence-electron chi connectivity index (χ3n) is 4.74. The monoisotopic (exact) mass is 403 g/mol. The molecule has 0 N–H and O–H groups in total. The Kier molecular flexibility index (Phi) is 6.33. The molecule has 3 nitrogen and oxygen atoms in total. The first kappa shape index (κ1) is 21.0. The molecular formula is C23H24F3NO2. The van der Waals surface area contributed by atoms with Crippen LogP contribution in [-0.2, 0) is 6.18 Å². The van der Waals surface area contributed by atoms with E-state index in [-0.39, 0.29) is 6.10 Å². The molecule has 1 atom stereocenters. The maximum absolute atomic E-state index is 12.8. The Hall–Kier alpha value is -2.73. The van der Waals surface area contributed by atoms with Crippen LogP contribution in [0.4, 0.5) is 13.2 Å². The smallest absolute Gasteiger partial charge is 0.416 e. The second-order valence-electron chi connectivity index (χ2n) is 7.19. The number of alkyl halides is 3. The van der Waals surface area contributed by atoms with Crippen LogP contribution >= 0.6 is 0 Å². The Balaban J connectivity index is 1.87. The topological polar surface area (TPSA) is 21.7 Å². The Morgan fingerprint density at radius 3 is 2.10 bits per heavy atom. The van der Waals surface area contributed by atoms with Crippen molar-refractivity contribution in [3.05, 3.63) is 71.8 Å². The van der Waals surface area contributed by atoms with Gasteiger partial charge in [-0.25, -0.2) is 0 Å². The summed E-state index contributed by atoms with van der Waals surface area (Å²) in [6, 6.07) is 16.7. The van der Waals surface area contributed by atoms with Crippen LogP contribution in [0.15, 0.2) is 60.7 Å². The molecule has 6 heteroatoms. The summed E-state index contributed by atoms with van der Waals surface area (Å²) in [6.45, 7) is 0.784. The summed E-state index contributed by atoms with van der Waals surface area (Å²) in [5.41, 5.74) is 0.291. The SMILES string of the molecule is COc1ccc2cc(C(CCN(C)C)Oc3ccc(C(F)(F)F)cc3)ccc2c1. The van der Waals surface area contributed by atoms with Gasteiger partial charge in [-0.05, 0) is 72.9 Å². The van der Waals surface area contributed by atoms with Crippen molar-refractivity contribution < 1.29 is 22.6 Å². The minimum Gasteiger partial charge on any atom is -0.497 e. The van der Waals surface area contributed by atoms with E-state index in [0.717, 1.165) is 40.8 Å². The predicted molar refractivity (Wildman–Crippen MR) is 108 cm³/mol. The van der Waals surface area contributed by atoms with E-state index in [1.165, 1.54) is 12.1 Å². The fourth-order valence-electron chi connectivity index (χ4n) is 3.13. The van der Waals surface area contributed by atoms with E-state index < -0.39 is 11.7 Å². The molecular weight excluding hydrogens is 379 g/mol. The zero-order valence-corrected chi connectivity index (χ0v) is 16.7. The number of ether oxygens (including phenoxy) is 2. The third kappa shape index (κ3) is 5.41. The number of fused-ring (bicyclic) bond motifs is 1. The van der Waals surface area contributed by atoms with Gasteiger partial charge in [-0.15, -0.1) is 0 Å². The molecule has 3 aromatic carbocycles. The van der Waals surface area contributed by atoms with Gasteiger partial charge < -0.3 is 14.4 Å². The number of benzene rings is 3. The highest BCUT2D eigenvalue weighted by Crippen LogP contribution is 2.33. The van der Waals surface area contributed by atoms with Crippen LogP contribution in [0.25, 0.3) is 10.8 Å². The Bertz CT molecular complexity index is 952. The van der Waals surface area contributed by atoms with Crippen LogP contribution < -0.4 is 9.47 Å². The number of rotatable bonds is 7. The van der Waals surface area contributed by atoms with Crippen molar-refractivity contribution >= 4 is 10.8 Å². The Labute approximate surface area is 168 Å². The van der Waals surface area contributed by atoms with Gasteiger partial charge in [-0.1, -0.05) is 18.2 Å². The van der Waals surface area contributed by atoms with Crippen molar-refractivity contribution in [3.8, 4) is 11.5 Å². The molecule has 0 bridgehead atoms. The van der Waals surface area contributed by atoms with Gasteiger partial charge in [0.05, 0.1) is 12.7 Å². The molecule has 0 aliphatic heterocycles. The van der Waals surface area contributed by atoms with Gasteiger partial charge in [0.1, 0.15) is 17.6 Å². The van der Waals surface area contributed by atoms with E-state index in [1.807, 2.05) is 44.4 Å². The molecule has 0 aliphatic carbocycles. The lowest BCUT2D eigenvalue weighted by Gasteiger charge is -2.22. The van der Waals surface area contributed by atoms with Gasteiger partial charge in [0, 0.05) is 13.0 Å². The summed E-state index contributed by atoms with van der Waals surface area (Å²) >= 11 is 0. The molecule has 0 aromatic heterocycles. The van der Waals surface area contributed by atoms with E-state index in [0.29, 0.717) is 12.2 Å². The minimum absolute atomic E-state index is 0.277. The average molecular weight is 403 g/mol. The minimum atomic E-state index is -4.36. The van der Waals surface area contributed by atoms with Gasteiger partial charge in [0.15, 0.2) is 0 Å². The number of methoxy groups -OCH3 is 1. The van der Waals surface area contributed by atoms with E-state index >= 15 is 0 Å². The van der Waals surface area contributed by atoms with Crippen molar-refractivity contribution in [2.24, 2.45) is 0 Å². The lowest BCUT2D eigenvalue weighted by atomic mass is 10.0. The van der Waals surface area contributed by atoms with Crippen LogP contribution in [0.2, 0.25) is 0 Å². The van der Waals surface area contributed by atoms with Crippen molar-refractivity contribution in [2.45, 2.75) is 18.7 Å². The van der Waals surface area contributed by atoms with Crippen molar-refractivity contribution in [1.82, 2.24) is 4.90 Å². The van der Waals surface area contributed by atoms with Crippen molar-refractivity contribution in [2.75, 3.05) is 27.7 Å². The van der Waals surface area contributed by atoms with Crippen LogP contribution in [0.1, 0.15) is 23.7 Å².